The van der Waals surface area contributed by atoms with Gasteiger partial charge in [0.05, 0.1) is 0 Å². The van der Waals surface area contributed by atoms with Gasteiger partial charge in [-0.1, -0.05) is 6.07 Å². The first-order chi connectivity index (χ1) is 6.45. The lowest BCUT2D eigenvalue weighted by atomic mass is 10.1. The summed E-state index contributed by atoms with van der Waals surface area (Å²) in [7, 11) is 0. The van der Waals surface area contributed by atoms with Gasteiger partial charge in [-0.05, 0) is 18.6 Å². The number of ketones is 1. The molecule has 0 aliphatic heterocycles. The molecule has 0 unspecified atom stereocenters. The van der Waals surface area contributed by atoms with Crippen LogP contribution in [0.3, 0.4) is 0 Å². The summed E-state index contributed by atoms with van der Waals surface area (Å²) in [5.74, 6) is -4.92. The average molecular weight is 198 g/mol. The Morgan fingerprint density at radius 1 is 1.36 bits per heavy atom. The van der Waals surface area contributed by atoms with Gasteiger partial charge in [-0.2, -0.15) is 0 Å². The van der Waals surface area contributed by atoms with Gasteiger partial charge in [0.1, 0.15) is 17.1 Å². The Morgan fingerprint density at radius 3 is 2.43 bits per heavy atom. The second-order valence-electron chi connectivity index (χ2n) is 2.72. The standard InChI is InChI=1S/C9H7FO4/c1-4-2-3-5(10)6(7(4)11)8(12)9(13)14/h2-3,11H,1H3,(H,13,14). The van der Waals surface area contributed by atoms with Gasteiger partial charge >= 0.3 is 5.97 Å². The number of aromatic hydroxyl groups is 1. The maximum absolute atomic E-state index is 13.0. The predicted octanol–water partition coefficient (Wildman–Crippen LogP) is 1.11. The molecule has 0 saturated carbocycles. The SMILES string of the molecule is Cc1ccc(F)c(C(=O)C(=O)O)c1O. The first-order valence-electron chi connectivity index (χ1n) is 3.71. The Kier molecular flexibility index (Phi) is 2.51. The molecule has 4 nitrogen and oxygen atoms in total. The van der Waals surface area contributed by atoms with E-state index in [1.807, 2.05) is 0 Å². The minimum absolute atomic E-state index is 0.246. The van der Waals surface area contributed by atoms with Crippen molar-refractivity contribution >= 4 is 11.8 Å². The lowest BCUT2D eigenvalue weighted by molar-refractivity contribution is -0.131. The topological polar surface area (TPSA) is 74.6 Å². The fourth-order valence-electron chi connectivity index (χ4n) is 0.994. The molecule has 0 amide bonds. The van der Waals surface area contributed by atoms with Gasteiger partial charge < -0.3 is 10.2 Å². The van der Waals surface area contributed by atoms with Crippen molar-refractivity contribution in [3.05, 3.63) is 29.1 Å². The molecule has 0 aliphatic carbocycles. The van der Waals surface area contributed by atoms with Crippen LogP contribution in [0.1, 0.15) is 15.9 Å². The molecule has 0 atom stereocenters. The molecular formula is C9H7FO4. The number of carboxylic acids is 1. The fourth-order valence-corrected chi connectivity index (χ4v) is 0.994. The van der Waals surface area contributed by atoms with Crippen molar-refractivity contribution in [3.63, 3.8) is 0 Å². The van der Waals surface area contributed by atoms with Crippen molar-refractivity contribution in [2.45, 2.75) is 6.92 Å². The van der Waals surface area contributed by atoms with Crippen LogP contribution in [-0.4, -0.2) is 22.0 Å². The second kappa shape index (κ2) is 3.45. The van der Waals surface area contributed by atoms with E-state index in [4.69, 9.17) is 5.11 Å². The van der Waals surface area contributed by atoms with Gasteiger partial charge in [-0.15, -0.1) is 0 Å². The van der Waals surface area contributed by atoms with Gasteiger partial charge in [0, 0.05) is 0 Å². The largest absolute Gasteiger partial charge is 0.507 e. The van der Waals surface area contributed by atoms with E-state index in [1.165, 1.54) is 13.0 Å². The van der Waals surface area contributed by atoms with E-state index >= 15 is 0 Å². The van der Waals surface area contributed by atoms with Crippen LogP contribution in [0.2, 0.25) is 0 Å². The molecule has 5 heteroatoms. The summed E-state index contributed by atoms with van der Waals surface area (Å²) < 4.78 is 13.0. The number of benzene rings is 1. The van der Waals surface area contributed by atoms with Crippen molar-refractivity contribution in [1.82, 2.24) is 0 Å². The Balaban J connectivity index is 3.40. The summed E-state index contributed by atoms with van der Waals surface area (Å²) in [5.41, 5.74) is -0.548. The fraction of sp³-hybridized carbons (Fsp3) is 0.111. The number of carbonyl (C=O) groups excluding carboxylic acids is 1. The third-order valence-corrected chi connectivity index (χ3v) is 1.75. The number of aryl methyl sites for hydroxylation is 1. The molecule has 0 heterocycles. The van der Waals surface area contributed by atoms with Crippen molar-refractivity contribution in [2.75, 3.05) is 0 Å². The maximum atomic E-state index is 13.0. The van der Waals surface area contributed by atoms with E-state index in [0.29, 0.717) is 0 Å². The highest BCUT2D eigenvalue weighted by Gasteiger charge is 2.23. The molecule has 0 saturated heterocycles. The van der Waals surface area contributed by atoms with E-state index in [2.05, 4.69) is 0 Å². The molecule has 0 bridgehead atoms. The number of halogens is 1. The molecule has 0 aliphatic rings. The summed E-state index contributed by atoms with van der Waals surface area (Å²) in [6.45, 7) is 1.44. The second-order valence-corrected chi connectivity index (χ2v) is 2.72. The number of Topliss-reactive ketones (excluding diaryl/α,β-unsaturated/α-hetero) is 1. The monoisotopic (exact) mass is 198 g/mol. The number of carboxylic acid groups (broad SMARTS) is 1. The maximum Gasteiger partial charge on any atom is 0.377 e. The Labute approximate surface area is 78.6 Å². The number of carbonyl (C=O) groups is 2. The van der Waals surface area contributed by atoms with Crippen LogP contribution in [0.5, 0.6) is 5.75 Å². The summed E-state index contributed by atoms with van der Waals surface area (Å²) >= 11 is 0. The molecule has 1 aromatic rings. The van der Waals surface area contributed by atoms with Crippen molar-refractivity contribution < 1.29 is 24.2 Å². The van der Waals surface area contributed by atoms with Gasteiger partial charge in [0.15, 0.2) is 0 Å². The molecule has 1 aromatic carbocycles. The minimum atomic E-state index is -1.80. The van der Waals surface area contributed by atoms with Gasteiger partial charge in [0.2, 0.25) is 0 Å². The first-order valence-corrected chi connectivity index (χ1v) is 3.71. The Hall–Kier alpha value is -1.91. The highest BCUT2D eigenvalue weighted by Crippen LogP contribution is 2.24. The molecule has 0 spiro atoms. The number of hydrogen-bond donors (Lipinski definition) is 2. The Morgan fingerprint density at radius 2 is 1.93 bits per heavy atom. The highest BCUT2D eigenvalue weighted by atomic mass is 19.1. The molecule has 2 N–H and O–H groups in total. The molecular weight excluding hydrogens is 191 g/mol. The summed E-state index contributed by atoms with van der Waals surface area (Å²) in [4.78, 5) is 21.2. The third-order valence-electron chi connectivity index (χ3n) is 1.75. The van der Waals surface area contributed by atoms with Crippen LogP contribution < -0.4 is 0 Å². The number of phenolic OH excluding ortho intramolecular Hbond substituents is 1. The van der Waals surface area contributed by atoms with Crippen LogP contribution in [0.25, 0.3) is 0 Å². The third kappa shape index (κ3) is 1.56. The van der Waals surface area contributed by atoms with E-state index in [0.717, 1.165) is 6.07 Å². The van der Waals surface area contributed by atoms with Crippen LogP contribution >= 0.6 is 0 Å². The van der Waals surface area contributed by atoms with Gasteiger partial charge in [-0.25, -0.2) is 9.18 Å². The normalized spacial score (nSPS) is 9.86. The minimum Gasteiger partial charge on any atom is -0.507 e. The highest BCUT2D eigenvalue weighted by molar-refractivity contribution is 6.40. The molecule has 14 heavy (non-hydrogen) atoms. The predicted molar refractivity (Wildman–Crippen MR) is 44.8 cm³/mol. The van der Waals surface area contributed by atoms with Crippen LogP contribution in [0.4, 0.5) is 4.39 Å². The molecule has 0 fully saturated rings. The smallest absolute Gasteiger partial charge is 0.377 e. The molecule has 74 valence electrons. The molecule has 0 radical (unpaired) electrons. The lowest BCUT2D eigenvalue weighted by Gasteiger charge is -2.04. The zero-order valence-corrected chi connectivity index (χ0v) is 7.24. The van der Waals surface area contributed by atoms with E-state index in [-0.39, 0.29) is 5.56 Å². The number of hydrogen-bond acceptors (Lipinski definition) is 3. The van der Waals surface area contributed by atoms with Crippen LogP contribution in [-0.2, 0) is 4.79 Å². The first kappa shape index (κ1) is 10.2. The number of rotatable bonds is 2. The average Bonchev–Trinajstić information content (AvgIpc) is 2.12. The zero-order chi connectivity index (χ0) is 10.9. The molecule has 1 rings (SSSR count). The quantitative estimate of drug-likeness (QED) is 0.551. The lowest BCUT2D eigenvalue weighted by Crippen LogP contribution is -2.15. The Bertz CT molecular complexity index is 412. The molecule has 0 aromatic heterocycles. The zero-order valence-electron chi connectivity index (χ0n) is 7.24. The van der Waals surface area contributed by atoms with Crippen molar-refractivity contribution in [3.8, 4) is 5.75 Å². The van der Waals surface area contributed by atoms with E-state index < -0.39 is 28.9 Å². The van der Waals surface area contributed by atoms with Crippen LogP contribution in [0.15, 0.2) is 12.1 Å². The number of aliphatic carboxylic acids is 1. The van der Waals surface area contributed by atoms with Crippen molar-refractivity contribution in [2.24, 2.45) is 0 Å². The van der Waals surface area contributed by atoms with E-state index in [9.17, 15) is 19.1 Å². The summed E-state index contributed by atoms with van der Waals surface area (Å²) in [6, 6.07) is 2.19. The van der Waals surface area contributed by atoms with Gasteiger partial charge in [-0.3, -0.25) is 4.79 Å². The van der Waals surface area contributed by atoms with Gasteiger partial charge in [0.25, 0.3) is 5.78 Å². The van der Waals surface area contributed by atoms with E-state index in [1.54, 1.807) is 0 Å². The summed E-state index contributed by atoms with van der Waals surface area (Å²) in [5, 5.41) is 17.6. The van der Waals surface area contributed by atoms with Crippen LogP contribution in [0, 0.1) is 12.7 Å². The summed E-state index contributed by atoms with van der Waals surface area (Å²) in [6.07, 6.45) is 0. The van der Waals surface area contributed by atoms with Crippen molar-refractivity contribution in [1.29, 1.82) is 0 Å². The number of phenols is 1.